The van der Waals surface area contributed by atoms with E-state index in [1.807, 2.05) is 61.5 Å². The lowest BCUT2D eigenvalue weighted by Gasteiger charge is -2.36. The maximum Gasteiger partial charge on any atom is 0.250 e. The smallest absolute Gasteiger partial charge is 0.250 e. The van der Waals surface area contributed by atoms with E-state index in [0.29, 0.717) is 6.42 Å². The number of pyridine rings is 1. The molecule has 4 aromatic rings. The van der Waals surface area contributed by atoms with Crippen LogP contribution in [0.15, 0.2) is 67.0 Å². The molecule has 0 spiro atoms. The molecule has 1 unspecified atom stereocenters. The fourth-order valence-electron chi connectivity index (χ4n) is 3.74. The first-order chi connectivity index (χ1) is 13.6. The minimum absolute atomic E-state index is 0.0444. The van der Waals surface area contributed by atoms with Gasteiger partial charge in [-0.1, -0.05) is 30.3 Å². The van der Waals surface area contributed by atoms with E-state index in [1.165, 1.54) is 0 Å². The number of rotatable bonds is 3. The summed E-state index contributed by atoms with van der Waals surface area (Å²) in [6, 6.07) is 17.9. The van der Waals surface area contributed by atoms with E-state index in [9.17, 15) is 4.79 Å². The van der Waals surface area contributed by atoms with Gasteiger partial charge in [0, 0.05) is 29.8 Å². The van der Waals surface area contributed by atoms with Gasteiger partial charge in [-0.05, 0) is 36.8 Å². The molecule has 0 radical (unpaired) electrons. The summed E-state index contributed by atoms with van der Waals surface area (Å²) in [4.78, 5) is 16.9. The van der Waals surface area contributed by atoms with E-state index < -0.39 is 5.54 Å². The highest BCUT2D eigenvalue weighted by Gasteiger charge is 2.38. The van der Waals surface area contributed by atoms with Gasteiger partial charge in [0.25, 0.3) is 0 Å². The average Bonchev–Trinajstić information content (AvgIpc) is 3.11. The highest BCUT2D eigenvalue weighted by Crippen LogP contribution is 2.38. The summed E-state index contributed by atoms with van der Waals surface area (Å²) >= 11 is 0. The number of H-pyrrole nitrogens is 1. The van der Waals surface area contributed by atoms with E-state index in [1.54, 1.807) is 12.4 Å². The number of aromatic amines is 1. The number of carbonyl (C=O) groups is 1. The monoisotopic (exact) mass is 369 g/mol. The number of benzene rings is 2. The maximum absolute atomic E-state index is 12.8. The van der Waals surface area contributed by atoms with Crippen LogP contribution in [-0.4, -0.2) is 26.6 Å². The Morgan fingerprint density at radius 2 is 1.79 bits per heavy atom. The van der Waals surface area contributed by atoms with Crippen LogP contribution in [-0.2, 0) is 11.2 Å². The summed E-state index contributed by atoms with van der Waals surface area (Å²) in [5.41, 5.74) is 4.76. The summed E-state index contributed by atoms with van der Waals surface area (Å²) in [7, 11) is 0. The summed E-state index contributed by atoms with van der Waals surface area (Å²) in [6.07, 6.45) is 4.10. The van der Waals surface area contributed by atoms with Crippen LogP contribution in [0.2, 0.25) is 0 Å². The third-order valence-corrected chi connectivity index (χ3v) is 5.22. The van der Waals surface area contributed by atoms with Crippen molar-refractivity contribution in [3.8, 4) is 11.3 Å². The van der Waals surface area contributed by atoms with Crippen molar-refractivity contribution in [1.29, 1.82) is 0 Å². The summed E-state index contributed by atoms with van der Waals surface area (Å²) in [5, 5.41) is 15.0. The van der Waals surface area contributed by atoms with Crippen LogP contribution in [0, 0.1) is 0 Å². The van der Waals surface area contributed by atoms with E-state index in [4.69, 9.17) is 0 Å². The van der Waals surface area contributed by atoms with Gasteiger partial charge in [0.2, 0.25) is 5.91 Å². The van der Waals surface area contributed by atoms with E-state index in [-0.39, 0.29) is 5.91 Å². The lowest BCUT2D eigenvalue weighted by atomic mass is 9.89. The standard InChI is InChI=1S/C22H19N5O/c1-22(13-14-5-3-2-4-6-14)21(28)24-18-12-17-16(11-19(18)25-22)20(27-26-17)15-7-9-23-10-8-15/h2-12,25H,13H2,1H3,(H,24,28)(H,26,27). The van der Waals surface area contributed by atoms with Crippen LogP contribution in [0.4, 0.5) is 11.4 Å². The van der Waals surface area contributed by atoms with Crippen molar-refractivity contribution in [2.45, 2.75) is 18.9 Å². The Morgan fingerprint density at radius 3 is 2.57 bits per heavy atom. The number of hydrogen-bond acceptors (Lipinski definition) is 4. The molecule has 3 N–H and O–H groups in total. The topological polar surface area (TPSA) is 82.7 Å². The summed E-state index contributed by atoms with van der Waals surface area (Å²) in [6.45, 7) is 1.93. The largest absolute Gasteiger partial charge is 0.369 e. The molecule has 0 aliphatic carbocycles. The van der Waals surface area contributed by atoms with Crippen LogP contribution in [0.5, 0.6) is 0 Å². The zero-order valence-corrected chi connectivity index (χ0v) is 15.4. The number of anilines is 2. The lowest BCUT2D eigenvalue weighted by molar-refractivity contribution is -0.120. The van der Waals surface area contributed by atoms with Crippen molar-refractivity contribution in [3.63, 3.8) is 0 Å². The zero-order chi connectivity index (χ0) is 19.1. The molecule has 1 amide bonds. The molecule has 28 heavy (non-hydrogen) atoms. The van der Waals surface area contributed by atoms with E-state index in [2.05, 4.69) is 25.8 Å². The third-order valence-electron chi connectivity index (χ3n) is 5.22. The molecule has 6 nitrogen and oxygen atoms in total. The Balaban J connectivity index is 1.56. The van der Waals surface area contributed by atoms with Gasteiger partial charge in [-0.25, -0.2) is 0 Å². The molecule has 3 heterocycles. The molecule has 0 saturated carbocycles. The predicted octanol–water partition coefficient (Wildman–Crippen LogP) is 3.99. The Kier molecular flexibility index (Phi) is 3.65. The van der Waals surface area contributed by atoms with Crippen molar-refractivity contribution in [3.05, 3.63) is 72.6 Å². The van der Waals surface area contributed by atoms with Crippen molar-refractivity contribution >= 4 is 28.2 Å². The normalized spacial score (nSPS) is 18.4. The van der Waals surface area contributed by atoms with Crippen LogP contribution < -0.4 is 10.6 Å². The van der Waals surface area contributed by atoms with Gasteiger partial charge in [-0.15, -0.1) is 0 Å². The van der Waals surface area contributed by atoms with Gasteiger partial charge in [0.1, 0.15) is 11.2 Å². The quantitative estimate of drug-likeness (QED) is 0.510. The SMILES string of the molecule is CC1(Cc2ccccc2)Nc2cc3c(-c4ccncc4)n[nH]c3cc2NC1=O. The maximum atomic E-state index is 12.8. The molecular formula is C22H19N5O. The van der Waals surface area contributed by atoms with Crippen molar-refractivity contribution < 1.29 is 4.79 Å². The first-order valence-corrected chi connectivity index (χ1v) is 9.18. The van der Waals surface area contributed by atoms with Crippen molar-refractivity contribution in [2.75, 3.05) is 10.6 Å². The van der Waals surface area contributed by atoms with E-state index >= 15 is 0 Å². The fraction of sp³-hybridized carbons (Fsp3) is 0.136. The number of amides is 1. The molecule has 1 atom stereocenters. The highest BCUT2D eigenvalue weighted by molar-refractivity contribution is 6.09. The molecule has 0 fully saturated rings. The first-order valence-electron chi connectivity index (χ1n) is 9.18. The summed E-state index contributed by atoms with van der Waals surface area (Å²) < 4.78 is 0. The molecular weight excluding hydrogens is 350 g/mol. The van der Waals surface area contributed by atoms with Gasteiger partial charge < -0.3 is 10.6 Å². The molecule has 2 aromatic heterocycles. The number of carbonyl (C=O) groups excluding carboxylic acids is 1. The van der Waals surface area contributed by atoms with Gasteiger partial charge >= 0.3 is 0 Å². The number of aromatic nitrogens is 3. The summed E-state index contributed by atoms with van der Waals surface area (Å²) in [5.74, 6) is -0.0444. The van der Waals surface area contributed by atoms with Gasteiger partial charge in [0.15, 0.2) is 0 Å². The van der Waals surface area contributed by atoms with Crippen LogP contribution in [0.1, 0.15) is 12.5 Å². The number of hydrogen-bond donors (Lipinski definition) is 3. The van der Waals surface area contributed by atoms with Gasteiger partial charge in [-0.2, -0.15) is 5.10 Å². The Hall–Kier alpha value is -3.67. The van der Waals surface area contributed by atoms with Crippen LogP contribution >= 0.6 is 0 Å². The van der Waals surface area contributed by atoms with E-state index in [0.717, 1.165) is 39.1 Å². The lowest BCUT2D eigenvalue weighted by Crippen LogP contribution is -2.51. The Bertz CT molecular complexity index is 1170. The van der Waals surface area contributed by atoms with Crippen molar-refractivity contribution in [1.82, 2.24) is 15.2 Å². The second kappa shape index (κ2) is 6.20. The second-order valence-corrected chi connectivity index (χ2v) is 7.33. The fourth-order valence-corrected chi connectivity index (χ4v) is 3.74. The van der Waals surface area contributed by atoms with Crippen molar-refractivity contribution in [2.24, 2.45) is 0 Å². The number of nitrogens with zero attached hydrogens (tertiary/aromatic N) is 2. The molecule has 0 bridgehead atoms. The number of nitrogens with one attached hydrogen (secondary N) is 3. The van der Waals surface area contributed by atoms with Crippen LogP contribution in [0.25, 0.3) is 22.2 Å². The molecule has 6 heteroatoms. The molecule has 2 aromatic carbocycles. The molecule has 138 valence electrons. The second-order valence-electron chi connectivity index (χ2n) is 7.33. The van der Waals surface area contributed by atoms with Gasteiger partial charge in [0.05, 0.1) is 16.9 Å². The average molecular weight is 369 g/mol. The predicted molar refractivity (Wildman–Crippen MR) is 110 cm³/mol. The number of fused-ring (bicyclic) bond motifs is 2. The molecule has 1 aliphatic heterocycles. The minimum atomic E-state index is -0.734. The van der Waals surface area contributed by atoms with Gasteiger partial charge in [-0.3, -0.25) is 14.9 Å². The minimum Gasteiger partial charge on any atom is -0.369 e. The Morgan fingerprint density at radius 1 is 1.00 bits per heavy atom. The zero-order valence-electron chi connectivity index (χ0n) is 15.4. The van der Waals surface area contributed by atoms with Crippen LogP contribution in [0.3, 0.4) is 0 Å². The molecule has 1 aliphatic rings. The highest BCUT2D eigenvalue weighted by atomic mass is 16.2. The first kappa shape index (κ1) is 16.5. The molecule has 5 rings (SSSR count). The third kappa shape index (κ3) is 2.70. The molecule has 0 saturated heterocycles. The Labute approximate surface area is 162 Å².